The smallest absolute Gasteiger partial charge is 0.188 e. The summed E-state index contributed by atoms with van der Waals surface area (Å²) < 4.78 is 5.47. The fourth-order valence-electron chi connectivity index (χ4n) is 2.16. The Kier molecular flexibility index (Phi) is 5.31. The van der Waals surface area contributed by atoms with Crippen LogP contribution < -0.4 is 0 Å². The van der Waals surface area contributed by atoms with E-state index < -0.39 is 0 Å². The Hall–Kier alpha value is -1.45. The molecular weight excluding hydrogens is 238 g/mol. The molecule has 1 aromatic rings. The molecule has 102 valence electrons. The van der Waals surface area contributed by atoms with Crippen LogP contribution in [0.4, 0.5) is 0 Å². The zero-order valence-corrected chi connectivity index (χ0v) is 11.3. The lowest BCUT2D eigenvalue weighted by molar-refractivity contribution is 0.0694. The number of hydrogen-bond acceptors (Lipinski definition) is 3. The van der Waals surface area contributed by atoms with E-state index in [-0.39, 0.29) is 12.4 Å². The summed E-state index contributed by atoms with van der Waals surface area (Å²) in [5.41, 5.74) is 2.06. The van der Waals surface area contributed by atoms with Gasteiger partial charge in [0.2, 0.25) is 0 Å². The second-order valence-electron chi connectivity index (χ2n) is 4.93. The van der Waals surface area contributed by atoms with Crippen LogP contribution in [-0.2, 0) is 4.74 Å². The molecule has 19 heavy (non-hydrogen) atoms. The number of carbonyl (C=O) groups excluding carboxylic acids is 1. The van der Waals surface area contributed by atoms with Crippen molar-refractivity contribution >= 4 is 5.78 Å². The molecule has 0 radical (unpaired) electrons. The van der Waals surface area contributed by atoms with Gasteiger partial charge in [0.15, 0.2) is 5.78 Å². The SMILES string of the molecule is C=C1CCN(CCOCC(=O)c2ccccc2)CC1. The first-order valence-electron chi connectivity index (χ1n) is 6.81. The molecule has 0 atom stereocenters. The highest BCUT2D eigenvalue weighted by atomic mass is 16.5. The summed E-state index contributed by atoms with van der Waals surface area (Å²) in [6, 6.07) is 9.29. The van der Waals surface area contributed by atoms with Crippen LogP contribution in [0, 0.1) is 0 Å². The third kappa shape index (κ3) is 4.62. The summed E-state index contributed by atoms with van der Waals surface area (Å²) in [6.45, 7) is 7.81. The largest absolute Gasteiger partial charge is 0.372 e. The van der Waals surface area contributed by atoms with Crippen molar-refractivity contribution in [3.8, 4) is 0 Å². The summed E-state index contributed by atoms with van der Waals surface area (Å²) in [4.78, 5) is 14.2. The van der Waals surface area contributed by atoms with Crippen molar-refractivity contribution in [2.75, 3.05) is 32.8 Å². The standard InChI is InChI=1S/C16H21NO2/c1-14-7-9-17(10-8-14)11-12-19-13-16(18)15-5-3-2-4-6-15/h2-6H,1,7-13H2. The van der Waals surface area contributed by atoms with E-state index in [1.165, 1.54) is 5.57 Å². The van der Waals surface area contributed by atoms with Gasteiger partial charge in [-0.1, -0.05) is 42.5 Å². The lowest BCUT2D eigenvalue weighted by Crippen LogP contribution is -2.33. The molecule has 3 nitrogen and oxygen atoms in total. The minimum atomic E-state index is 0.0487. The van der Waals surface area contributed by atoms with Gasteiger partial charge < -0.3 is 9.64 Å². The Morgan fingerprint density at radius 2 is 1.89 bits per heavy atom. The first kappa shape index (κ1) is 14.0. The summed E-state index contributed by atoms with van der Waals surface area (Å²) in [5.74, 6) is 0.0487. The van der Waals surface area contributed by atoms with Crippen molar-refractivity contribution < 1.29 is 9.53 Å². The van der Waals surface area contributed by atoms with E-state index >= 15 is 0 Å². The Balaban J connectivity index is 1.62. The number of likely N-dealkylation sites (tertiary alicyclic amines) is 1. The number of benzene rings is 1. The van der Waals surface area contributed by atoms with Crippen molar-refractivity contribution in [3.63, 3.8) is 0 Å². The molecule has 0 N–H and O–H groups in total. The van der Waals surface area contributed by atoms with E-state index in [9.17, 15) is 4.79 Å². The molecule has 0 aliphatic carbocycles. The first-order chi connectivity index (χ1) is 9.25. The van der Waals surface area contributed by atoms with Crippen molar-refractivity contribution in [1.82, 2.24) is 4.90 Å². The molecule has 1 aromatic carbocycles. The molecule has 1 fully saturated rings. The molecule has 0 aromatic heterocycles. The number of hydrogen-bond donors (Lipinski definition) is 0. The van der Waals surface area contributed by atoms with E-state index in [1.54, 1.807) is 0 Å². The summed E-state index contributed by atoms with van der Waals surface area (Å²) in [5, 5.41) is 0. The lowest BCUT2D eigenvalue weighted by atomic mass is 10.1. The van der Waals surface area contributed by atoms with Crippen LogP contribution in [0.1, 0.15) is 23.2 Å². The number of ketones is 1. The monoisotopic (exact) mass is 259 g/mol. The number of Topliss-reactive ketones (excluding diaryl/α,β-unsaturated/α-hetero) is 1. The van der Waals surface area contributed by atoms with Crippen molar-refractivity contribution in [3.05, 3.63) is 48.0 Å². The fraction of sp³-hybridized carbons (Fsp3) is 0.438. The number of piperidine rings is 1. The van der Waals surface area contributed by atoms with Crippen molar-refractivity contribution in [2.45, 2.75) is 12.8 Å². The molecule has 3 heteroatoms. The molecule has 0 bridgehead atoms. The fourth-order valence-corrected chi connectivity index (χ4v) is 2.16. The maximum Gasteiger partial charge on any atom is 0.188 e. The van der Waals surface area contributed by atoms with Gasteiger partial charge in [-0.05, 0) is 12.8 Å². The zero-order valence-electron chi connectivity index (χ0n) is 11.3. The highest BCUT2D eigenvalue weighted by Gasteiger charge is 2.12. The maximum atomic E-state index is 11.8. The van der Waals surface area contributed by atoms with Crippen LogP contribution in [0.3, 0.4) is 0 Å². The van der Waals surface area contributed by atoms with Gasteiger partial charge in [0.25, 0.3) is 0 Å². The quantitative estimate of drug-likeness (QED) is 0.447. The van der Waals surface area contributed by atoms with Gasteiger partial charge in [-0.3, -0.25) is 4.79 Å². The Morgan fingerprint density at radius 1 is 1.21 bits per heavy atom. The molecule has 1 heterocycles. The number of ether oxygens (including phenoxy) is 1. The second kappa shape index (κ2) is 7.22. The van der Waals surface area contributed by atoms with Crippen LogP contribution in [0.2, 0.25) is 0 Å². The number of rotatable bonds is 6. The molecule has 0 spiro atoms. The normalized spacial score (nSPS) is 16.5. The average molecular weight is 259 g/mol. The van der Waals surface area contributed by atoms with E-state index in [0.717, 1.165) is 38.0 Å². The average Bonchev–Trinajstić information content (AvgIpc) is 2.46. The minimum absolute atomic E-state index is 0.0487. The van der Waals surface area contributed by atoms with Gasteiger partial charge in [-0.2, -0.15) is 0 Å². The number of carbonyl (C=O) groups is 1. The maximum absolute atomic E-state index is 11.8. The van der Waals surface area contributed by atoms with Crippen LogP contribution in [-0.4, -0.2) is 43.5 Å². The Bertz CT molecular complexity index is 418. The van der Waals surface area contributed by atoms with E-state index in [4.69, 9.17) is 4.74 Å². The highest BCUT2D eigenvalue weighted by Crippen LogP contribution is 2.13. The third-order valence-electron chi connectivity index (χ3n) is 3.44. The molecule has 1 saturated heterocycles. The number of nitrogens with zero attached hydrogens (tertiary/aromatic N) is 1. The predicted molar refractivity (Wildman–Crippen MR) is 76.4 cm³/mol. The van der Waals surface area contributed by atoms with E-state index in [2.05, 4.69) is 11.5 Å². The third-order valence-corrected chi connectivity index (χ3v) is 3.44. The minimum Gasteiger partial charge on any atom is -0.372 e. The van der Waals surface area contributed by atoms with Gasteiger partial charge in [0.05, 0.1) is 6.61 Å². The molecule has 1 aliphatic rings. The van der Waals surface area contributed by atoms with E-state index in [1.807, 2.05) is 30.3 Å². The summed E-state index contributed by atoms with van der Waals surface area (Å²) >= 11 is 0. The summed E-state index contributed by atoms with van der Waals surface area (Å²) in [7, 11) is 0. The first-order valence-corrected chi connectivity index (χ1v) is 6.81. The molecule has 2 rings (SSSR count). The summed E-state index contributed by atoms with van der Waals surface area (Å²) in [6.07, 6.45) is 2.17. The van der Waals surface area contributed by atoms with Gasteiger partial charge >= 0.3 is 0 Å². The second-order valence-corrected chi connectivity index (χ2v) is 4.93. The Morgan fingerprint density at radius 3 is 2.58 bits per heavy atom. The topological polar surface area (TPSA) is 29.5 Å². The lowest BCUT2D eigenvalue weighted by Gasteiger charge is -2.27. The van der Waals surface area contributed by atoms with Gasteiger partial charge in [-0.25, -0.2) is 0 Å². The molecule has 0 amide bonds. The predicted octanol–water partition coefficient (Wildman–Crippen LogP) is 2.54. The molecule has 0 saturated carbocycles. The van der Waals surface area contributed by atoms with Crippen LogP contribution in [0.15, 0.2) is 42.5 Å². The van der Waals surface area contributed by atoms with E-state index in [0.29, 0.717) is 6.61 Å². The zero-order chi connectivity index (χ0) is 13.5. The Labute approximate surface area is 114 Å². The van der Waals surface area contributed by atoms with Gasteiger partial charge in [0.1, 0.15) is 6.61 Å². The van der Waals surface area contributed by atoms with Crippen LogP contribution in [0.5, 0.6) is 0 Å². The van der Waals surface area contributed by atoms with Crippen LogP contribution in [0.25, 0.3) is 0 Å². The molecular formula is C16H21NO2. The molecule has 0 unspecified atom stereocenters. The van der Waals surface area contributed by atoms with Gasteiger partial charge in [-0.15, -0.1) is 0 Å². The van der Waals surface area contributed by atoms with Crippen molar-refractivity contribution in [2.24, 2.45) is 0 Å². The van der Waals surface area contributed by atoms with Crippen LogP contribution >= 0.6 is 0 Å². The van der Waals surface area contributed by atoms with Crippen molar-refractivity contribution in [1.29, 1.82) is 0 Å². The van der Waals surface area contributed by atoms with Gasteiger partial charge in [0, 0.05) is 25.2 Å². The molecule has 1 aliphatic heterocycles. The highest BCUT2D eigenvalue weighted by molar-refractivity contribution is 5.96.